The summed E-state index contributed by atoms with van der Waals surface area (Å²) < 4.78 is 38.5. The highest BCUT2D eigenvalue weighted by molar-refractivity contribution is 5.96. The first-order chi connectivity index (χ1) is 9.04. The highest BCUT2D eigenvalue weighted by atomic mass is 19.3. The molecule has 5 nitrogen and oxygen atoms in total. The molecule has 0 aromatic heterocycles. The fraction of sp³-hybridized carbons (Fsp3) is 0.333. The first-order valence-corrected chi connectivity index (χ1v) is 5.28. The van der Waals surface area contributed by atoms with E-state index in [0.29, 0.717) is 0 Å². The van der Waals surface area contributed by atoms with E-state index in [1.807, 2.05) is 0 Å². The monoisotopic (exact) mass is 271 g/mol. The van der Waals surface area contributed by atoms with Gasteiger partial charge >= 0.3 is 12.6 Å². The molecule has 0 saturated heterocycles. The molecule has 0 N–H and O–H groups in total. The summed E-state index contributed by atoms with van der Waals surface area (Å²) in [6.45, 7) is -1.50. The molecule has 7 heteroatoms. The van der Waals surface area contributed by atoms with Crippen LogP contribution in [0.5, 0.6) is 11.5 Å². The zero-order valence-corrected chi connectivity index (χ0v) is 10.3. The Hall–Kier alpha value is -2.36. The Morgan fingerprint density at radius 2 is 2.16 bits per heavy atom. The Morgan fingerprint density at radius 1 is 1.47 bits per heavy atom. The number of hydrogen-bond acceptors (Lipinski definition) is 5. The summed E-state index contributed by atoms with van der Waals surface area (Å²) in [6.07, 6.45) is 0. The molecule has 0 radical (unpaired) electrons. The maximum absolute atomic E-state index is 12.3. The van der Waals surface area contributed by atoms with Gasteiger partial charge in [-0.1, -0.05) is 0 Å². The second-order valence-corrected chi connectivity index (χ2v) is 3.23. The van der Waals surface area contributed by atoms with Gasteiger partial charge in [0.1, 0.15) is 17.4 Å². The summed E-state index contributed by atoms with van der Waals surface area (Å²) in [5, 5.41) is 8.89. The van der Waals surface area contributed by atoms with Gasteiger partial charge in [0, 0.05) is 0 Å². The lowest BCUT2D eigenvalue weighted by Gasteiger charge is -2.14. The molecule has 0 heterocycles. The minimum Gasteiger partial charge on any atom is -0.494 e. The standard InChI is InChI=1S/C12H11F2NO4/c1-3-18-11(16)9-8(19-12(13)14)5-4-7(6-15)10(9)17-2/h4-5,12H,3H2,1-2H3. The van der Waals surface area contributed by atoms with Gasteiger partial charge in [-0.05, 0) is 19.1 Å². The Kier molecular flexibility index (Phi) is 5.06. The highest BCUT2D eigenvalue weighted by Crippen LogP contribution is 2.33. The van der Waals surface area contributed by atoms with Crippen molar-refractivity contribution in [2.24, 2.45) is 0 Å². The Bertz CT molecular complexity index is 511. The quantitative estimate of drug-likeness (QED) is 0.769. The summed E-state index contributed by atoms with van der Waals surface area (Å²) >= 11 is 0. The predicted octanol–water partition coefficient (Wildman–Crippen LogP) is 2.34. The fourth-order valence-electron chi connectivity index (χ4n) is 1.46. The number of nitrogens with zero attached hydrogens (tertiary/aromatic N) is 1. The van der Waals surface area contributed by atoms with Gasteiger partial charge in [0.2, 0.25) is 0 Å². The minimum atomic E-state index is -3.11. The molecule has 0 saturated carbocycles. The number of carbonyl (C=O) groups excluding carboxylic acids is 1. The summed E-state index contributed by atoms with van der Waals surface area (Å²) in [5.41, 5.74) is -0.309. The number of rotatable bonds is 5. The van der Waals surface area contributed by atoms with Crippen LogP contribution < -0.4 is 9.47 Å². The third-order valence-corrected chi connectivity index (χ3v) is 2.14. The molecular formula is C12H11F2NO4. The number of benzene rings is 1. The van der Waals surface area contributed by atoms with Gasteiger partial charge in [-0.3, -0.25) is 0 Å². The molecule has 0 amide bonds. The van der Waals surface area contributed by atoms with Crippen LogP contribution in [0.4, 0.5) is 8.78 Å². The molecule has 0 atom stereocenters. The van der Waals surface area contributed by atoms with E-state index in [4.69, 9.17) is 14.7 Å². The molecule has 0 aliphatic heterocycles. The van der Waals surface area contributed by atoms with Crippen molar-refractivity contribution in [2.45, 2.75) is 13.5 Å². The number of carbonyl (C=O) groups is 1. The SMILES string of the molecule is CCOC(=O)c1c(OC(F)F)ccc(C#N)c1OC. The lowest BCUT2D eigenvalue weighted by atomic mass is 10.1. The molecule has 1 aromatic carbocycles. The van der Waals surface area contributed by atoms with Gasteiger partial charge in [0.25, 0.3) is 0 Å². The van der Waals surface area contributed by atoms with Crippen molar-refractivity contribution in [3.05, 3.63) is 23.3 Å². The van der Waals surface area contributed by atoms with E-state index in [0.717, 1.165) is 6.07 Å². The number of nitriles is 1. The third kappa shape index (κ3) is 3.31. The molecule has 19 heavy (non-hydrogen) atoms. The first kappa shape index (κ1) is 14.7. The van der Waals surface area contributed by atoms with Crippen molar-refractivity contribution >= 4 is 5.97 Å². The van der Waals surface area contributed by atoms with Gasteiger partial charge < -0.3 is 14.2 Å². The zero-order valence-electron chi connectivity index (χ0n) is 10.3. The third-order valence-electron chi connectivity index (χ3n) is 2.14. The van der Waals surface area contributed by atoms with Gasteiger partial charge in [0.05, 0.1) is 19.3 Å². The molecule has 0 aliphatic rings. The summed E-state index contributed by atoms with van der Waals surface area (Å²) in [6, 6.07) is 4.11. The van der Waals surface area contributed by atoms with Crippen molar-refractivity contribution in [3.63, 3.8) is 0 Å². The van der Waals surface area contributed by atoms with Crippen LogP contribution in [-0.4, -0.2) is 26.3 Å². The fourth-order valence-corrected chi connectivity index (χ4v) is 1.46. The van der Waals surface area contributed by atoms with Crippen LogP contribution in [0, 0.1) is 11.3 Å². The lowest BCUT2D eigenvalue weighted by molar-refractivity contribution is -0.0505. The molecule has 1 rings (SSSR count). The molecule has 0 bridgehead atoms. The Labute approximate surface area is 108 Å². The van der Waals surface area contributed by atoms with Crippen molar-refractivity contribution < 1.29 is 27.8 Å². The minimum absolute atomic E-state index is 0.0205. The first-order valence-electron chi connectivity index (χ1n) is 5.28. The van der Waals surface area contributed by atoms with Gasteiger partial charge in [-0.2, -0.15) is 14.0 Å². The summed E-state index contributed by atoms with van der Waals surface area (Å²) in [7, 11) is 1.21. The second-order valence-electron chi connectivity index (χ2n) is 3.23. The topological polar surface area (TPSA) is 68.5 Å². The number of halogens is 2. The van der Waals surface area contributed by atoms with Crippen LogP contribution >= 0.6 is 0 Å². The smallest absolute Gasteiger partial charge is 0.387 e. The molecule has 0 aliphatic carbocycles. The molecule has 1 aromatic rings. The van der Waals surface area contributed by atoms with Crippen LogP contribution in [-0.2, 0) is 4.74 Å². The molecule has 0 fully saturated rings. The largest absolute Gasteiger partial charge is 0.494 e. The van der Waals surface area contributed by atoms with Crippen LogP contribution in [0.1, 0.15) is 22.8 Å². The molecule has 102 valence electrons. The molecular weight excluding hydrogens is 260 g/mol. The van der Waals surface area contributed by atoms with Gasteiger partial charge in [-0.15, -0.1) is 0 Å². The van der Waals surface area contributed by atoms with E-state index < -0.39 is 18.3 Å². The van der Waals surface area contributed by atoms with Crippen LogP contribution in [0.15, 0.2) is 12.1 Å². The van der Waals surface area contributed by atoms with Crippen LogP contribution in [0.2, 0.25) is 0 Å². The van der Waals surface area contributed by atoms with E-state index in [1.54, 1.807) is 13.0 Å². The molecule has 0 unspecified atom stereocenters. The van der Waals surface area contributed by atoms with Crippen molar-refractivity contribution in [1.29, 1.82) is 5.26 Å². The number of methoxy groups -OCH3 is 1. The van der Waals surface area contributed by atoms with Crippen molar-refractivity contribution in [2.75, 3.05) is 13.7 Å². The van der Waals surface area contributed by atoms with E-state index in [9.17, 15) is 13.6 Å². The predicted molar refractivity (Wildman–Crippen MR) is 60.3 cm³/mol. The average molecular weight is 271 g/mol. The number of hydrogen-bond donors (Lipinski definition) is 0. The second kappa shape index (κ2) is 6.54. The normalized spacial score (nSPS) is 9.89. The number of esters is 1. The van der Waals surface area contributed by atoms with Crippen LogP contribution in [0.3, 0.4) is 0 Å². The zero-order chi connectivity index (χ0) is 14.4. The molecule has 0 spiro atoms. The maximum Gasteiger partial charge on any atom is 0.387 e. The van der Waals surface area contributed by atoms with E-state index in [2.05, 4.69) is 4.74 Å². The lowest BCUT2D eigenvalue weighted by Crippen LogP contribution is -2.12. The average Bonchev–Trinajstić information content (AvgIpc) is 2.37. The highest BCUT2D eigenvalue weighted by Gasteiger charge is 2.24. The van der Waals surface area contributed by atoms with E-state index in [1.165, 1.54) is 13.2 Å². The van der Waals surface area contributed by atoms with Crippen molar-refractivity contribution in [1.82, 2.24) is 0 Å². The van der Waals surface area contributed by atoms with Gasteiger partial charge in [0.15, 0.2) is 5.75 Å². The van der Waals surface area contributed by atoms with E-state index in [-0.39, 0.29) is 23.5 Å². The van der Waals surface area contributed by atoms with E-state index >= 15 is 0 Å². The summed E-state index contributed by atoms with van der Waals surface area (Å²) in [4.78, 5) is 11.8. The Morgan fingerprint density at radius 3 is 2.63 bits per heavy atom. The van der Waals surface area contributed by atoms with Crippen molar-refractivity contribution in [3.8, 4) is 17.6 Å². The van der Waals surface area contributed by atoms with Crippen LogP contribution in [0.25, 0.3) is 0 Å². The number of ether oxygens (including phenoxy) is 3. The summed E-state index contributed by atoms with van der Waals surface area (Å²) in [5.74, 6) is -1.45. The van der Waals surface area contributed by atoms with Gasteiger partial charge in [-0.25, -0.2) is 4.79 Å². The Balaban J connectivity index is 3.40. The maximum atomic E-state index is 12.3. The number of alkyl halides is 2.